The van der Waals surface area contributed by atoms with Gasteiger partial charge in [0, 0.05) is 8.95 Å². The van der Waals surface area contributed by atoms with Crippen LogP contribution in [0.15, 0.2) is 39.3 Å². The molecule has 0 spiro atoms. The maximum atomic E-state index is 13.8. The van der Waals surface area contributed by atoms with E-state index in [1.165, 1.54) is 13.2 Å². The third-order valence-corrected chi connectivity index (χ3v) is 4.69. The maximum Gasteiger partial charge on any atom is 0.165 e. The number of ether oxygens (including phenoxy) is 1. The number of halogens is 3. The van der Waals surface area contributed by atoms with Gasteiger partial charge in [0.15, 0.2) is 11.6 Å². The summed E-state index contributed by atoms with van der Waals surface area (Å²) in [6.07, 6.45) is 0. The van der Waals surface area contributed by atoms with Crippen molar-refractivity contribution in [3.8, 4) is 5.75 Å². The van der Waals surface area contributed by atoms with Crippen LogP contribution >= 0.6 is 31.9 Å². The van der Waals surface area contributed by atoms with Crippen molar-refractivity contribution in [2.45, 2.75) is 13.0 Å². The van der Waals surface area contributed by atoms with Crippen LogP contribution in [0.3, 0.4) is 0 Å². The molecule has 2 nitrogen and oxygen atoms in total. The molecule has 1 atom stereocenters. The van der Waals surface area contributed by atoms with Crippen LogP contribution in [0.2, 0.25) is 0 Å². The second kappa shape index (κ2) is 6.24. The minimum Gasteiger partial charge on any atom is -0.494 e. The lowest BCUT2D eigenvalue weighted by molar-refractivity contribution is 0.386. The Bertz CT molecular complexity index is 646. The van der Waals surface area contributed by atoms with Gasteiger partial charge in [-0.25, -0.2) is 4.39 Å². The van der Waals surface area contributed by atoms with Crippen molar-refractivity contribution in [1.82, 2.24) is 0 Å². The third kappa shape index (κ3) is 3.05. The topological polar surface area (TPSA) is 35.2 Å². The van der Waals surface area contributed by atoms with Crippen LogP contribution in [-0.2, 0) is 0 Å². The predicted molar refractivity (Wildman–Crippen MR) is 85.6 cm³/mol. The van der Waals surface area contributed by atoms with E-state index in [2.05, 4.69) is 31.9 Å². The molecule has 0 fully saturated rings. The monoisotopic (exact) mass is 401 g/mol. The van der Waals surface area contributed by atoms with Crippen LogP contribution in [0.4, 0.5) is 4.39 Å². The van der Waals surface area contributed by atoms with Crippen molar-refractivity contribution >= 4 is 31.9 Å². The van der Waals surface area contributed by atoms with Gasteiger partial charge in [-0.1, -0.05) is 37.9 Å². The average molecular weight is 403 g/mol. The Kier molecular flexibility index (Phi) is 4.83. The van der Waals surface area contributed by atoms with Crippen molar-refractivity contribution in [1.29, 1.82) is 0 Å². The standard InChI is InChI=1S/C15H14Br2FNO/c1-8-5-12(17)10(7-11(8)16)15(19)9-3-4-14(20-2)13(18)6-9/h3-7,15H,19H2,1-2H3. The molecule has 0 aliphatic heterocycles. The molecule has 0 bridgehead atoms. The van der Waals surface area contributed by atoms with E-state index in [0.717, 1.165) is 20.1 Å². The Morgan fingerprint density at radius 3 is 2.45 bits per heavy atom. The molecule has 2 aromatic carbocycles. The molecule has 106 valence electrons. The number of aryl methyl sites for hydroxylation is 1. The van der Waals surface area contributed by atoms with Crippen LogP contribution in [-0.4, -0.2) is 7.11 Å². The lowest BCUT2D eigenvalue weighted by atomic mass is 9.98. The molecule has 0 aliphatic rings. The molecule has 0 amide bonds. The van der Waals surface area contributed by atoms with Gasteiger partial charge in [-0.2, -0.15) is 0 Å². The first-order chi connectivity index (χ1) is 9.43. The first-order valence-corrected chi connectivity index (χ1v) is 7.57. The van der Waals surface area contributed by atoms with Crippen molar-refractivity contribution in [2.24, 2.45) is 5.73 Å². The molecule has 2 N–H and O–H groups in total. The largest absolute Gasteiger partial charge is 0.494 e. The second-order valence-electron chi connectivity index (χ2n) is 4.49. The van der Waals surface area contributed by atoms with E-state index in [1.54, 1.807) is 12.1 Å². The summed E-state index contributed by atoms with van der Waals surface area (Å²) in [6.45, 7) is 2.00. The number of hydrogen-bond donors (Lipinski definition) is 1. The summed E-state index contributed by atoms with van der Waals surface area (Å²) in [6, 6.07) is 8.28. The molecule has 0 heterocycles. The summed E-state index contributed by atoms with van der Waals surface area (Å²) in [5.74, 6) is -0.201. The summed E-state index contributed by atoms with van der Waals surface area (Å²) in [5, 5.41) is 0. The molecule has 1 unspecified atom stereocenters. The van der Waals surface area contributed by atoms with Crippen molar-refractivity contribution in [3.63, 3.8) is 0 Å². The number of methoxy groups -OCH3 is 1. The quantitative estimate of drug-likeness (QED) is 0.806. The van der Waals surface area contributed by atoms with Crippen molar-refractivity contribution in [3.05, 3.63) is 61.8 Å². The third-order valence-electron chi connectivity index (χ3n) is 3.15. The molecule has 0 aliphatic carbocycles. The van der Waals surface area contributed by atoms with E-state index in [1.807, 2.05) is 19.1 Å². The maximum absolute atomic E-state index is 13.8. The molecule has 20 heavy (non-hydrogen) atoms. The molecular weight excluding hydrogens is 389 g/mol. The average Bonchev–Trinajstić information content (AvgIpc) is 2.42. The lowest BCUT2D eigenvalue weighted by Crippen LogP contribution is -2.13. The van der Waals surface area contributed by atoms with E-state index in [0.29, 0.717) is 5.56 Å². The zero-order chi connectivity index (χ0) is 14.9. The zero-order valence-corrected chi connectivity index (χ0v) is 14.3. The molecule has 5 heteroatoms. The molecule has 0 radical (unpaired) electrons. The predicted octanol–water partition coefficient (Wildman–Crippen LogP) is 4.72. The van der Waals surface area contributed by atoms with Gasteiger partial charge in [-0.3, -0.25) is 0 Å². The molecule has 0 saturated heterocycles. The van der Waals surface area contributed by atoms with E-state index < -0.39 is 11.9 Å². The van der Waals surface area contributed by atoms with Crippen molar-refractivity contribution in [2.75, 3.05) is 7.11 Å². The van der Waals surface area contributed by atoms with Crippen LogP contribution in [0.5, 0.6) is 5.75 Å². The fourth-order valence-corrected chi connectivity index (χ4v) is 3.02. The summed E-state index contributed by atoms with van der Waals surface area (Å²) < 4.78 is 20.6. The summed E-state index contributed by atoms with van der Waals surface area (Å²) >= 11 is 6.99. The van der Waals surface area contributed by atoms with Gasteiger partial charge in [0.1, 0.15) is 0 Å². The molecule has 0 saturated carbocycles. The van der Waals surface area contributed by atoms with E-state index in [9.17, 15) is 4.39 Å². The fraction of sp³-hybridized carbons (Fsp3) is 0.200. The normalized spacial score (nSPS) is 12.3. The highest BCUT2D eigenvalue weighted by Crippen LogP contribution is 2.32. The van der Waals surface area contributed by atoms with Crippen molar-refractivity contribution < 1.29 is 9.13 Å². The van der Waals surface area contributed by atoms with Gasteiger partial charge in [-0.15, -0.1) is 0 Å². The number of rotatable bonds is 3. The Hall–Kier alpha value is -0.910. The van der Waals surface area contributed by atoms with Gasteiger partial charge in [0.2, 0.25) is 0 Å². The highest BCUT2D eigenvalue weighted by molar-refractivity contribution is 9.11. The highest BCUT2D eigenvalue weighted by Gasteiger charge is 2.16. The first-order valence-electron chi connectivity index (χ1n) is 5.98. The van der Waals surface area contributed by atoms with E-state index >= 15 is 0 Å². The molecular formula is C15H14Br2FNO. The highest BCUT2D eigenvalue weighted by atomic mass is 79.9. The van der Waals surface area contributed by atoms with E-state index in [-0.39, 0.29) is 5.75 Å². The summed E-state index contributed by atoms with van der Waals surface area (Å²) in [7, 11) is 1.44. The van der Waals surface area contributed by atoms with E-state index in [4.69, 9.17) is 10.5 Å². The summed E-state index contributed by atoms with van der Waals surface area (Å²) in [4.78, 5) is 0. The van der Waals surface area contributed by atoms with Crippen LogP contribution in [0.25, 0.3) is 0 Å². The van der Waals surface area contributed by atoms with Crippen LogP contribution < -0.4 is 10.5 Å². The molecule has 2 rings (SSSR count). The Morgan fingerprint density at radius 2 is 1.85 bits per heavy atom. The van der Waals surface area contributed by atoms with Crippen LogP contribution in [0.1, 0.15) is 22.7 Å². The lowest BCUT2D eigenvalue weighted by Gasteiger charge is -2.16. The Morgan fingerprint density at radius 1 is 1.15 bits per heavy atom. The Labute approximate surface area is 134 Å². The Balaban J connectivity index is 2.43. The number of benzene rings is 2. The van der Waals surface area contributed by atoms with Gasteiger partial charge < -0.3 is 10.5 Å². The number of nitrogens with two attached hydrogens (primary N) is 1. The van der Waals surface area contributed by atoms with Gasteiger partial charge in [0.05, 0.1) is 13.2 Å². The minimum atomic E-state index is -0.415. The van der Waals surface area contributed by atoms with Gasteiger partial charge in [-0.05, 0) is 47.9 Å². The SMILES string of the molecule is COc1ccc(C(N)c2cc(Br)c(C)cc2Br)cc1F. The number of hydrogen-bond acceptors (Lipinski definition) is 2. The van der Waals surface area contributed by atoms with Gasteiger partial charge >= 0.3 is 0 Å². The smallest absolute Gasteiger partial charge is 0.165 e. The fourth-order valence-electron chi connectivity index (χ4n) is 1.96. The first kappa shape index (κ1) is 15.5. The van der Waals surface area contributed by atoms with Gasteiger partial charge in [0.25, 0.3) is 0 Å². The molecule has 2 aromatic rings. The minimum absolute atomic E-state index is 0.213. The zero-order valence-electron chi connectivity index (χ0n) is 11.1. The second-order valence-corrected chi connectivity index (χ2v) is 6.20. The summed E-state index contributed by atoms with van der Waals surface area (Å²) in [5.41, 5.74) is 8.93. The molecule has 0 aromatic heterocycles. The van der Waals surface area contributed by atoms with Crippen LogP contribution in [0, 0.1) is 12.7 Å².